The van der Waals surface area contributed by atoms with Gasteiger partial charge in [0.05, 0.1) is 12.1 Å². The van der Waals surface area contributed by atoms with Crippen LogP contribution in [0.5, 0.6) is 0 Å². The zero-order chi connectivity index (χ0) is 11.4. The lowest BCUT2D eigenvalue weighted by molar-refractivity contribution is 0.149. The van der Waals surface area contributed by atoms with Crippen LogP contribution in [0.4, 0.5) is 5.82 Å². The molecule has 0 saturated heterocycles. The zero-order valence-electron chi connectivity index (χ0n) is 9.82. The highest BCUT2D eigenvalue weighted by molar-refractivity contribution is 5.37. The molecule has 2 N–H and O–H groups in total. The second-order valence-electron chi connectivity index (χ2n) is 4.98. The van der Waals surface area contributed by atoms with Gasteiger partial charge in [0, 0.05) is 6.20 Å². The Bertz CT molecular complexity index is 328. The van der Waals surface area contributed by atoms with E-state index in [-0.39, 0.29) is 12.1 Å². The van der Waals surface area contributed by atoms with Crippen molar-refractivity contribution in [2.45, 2.75) is 38.1 Å². The molecule has 2 rings (SSSR count). The fraction of sp³-hybridized carbons (Fsp3) is 0.615. The summed E-state index contributed by atoms with van der Waals surface area (Å²) in [6.45, 7) is 2.44. The lowest BCUT2D eigenvalue weighted by Gasteiger charge is -2.39. The Morgan fingerprint density at radius 2 is 2.44 bits per heavy atom. The Labute approximate surface area is 96.9 Å². The van der Waals surface area contributed by atoms with E-state index >= 15 is 0 Å². The fourth-order valence-corrected chi connectivity index (χ4v) is 2.67. The molecule has 0 aliphatic heterocycles. The van der Waals surface area contributed by atoms with Crippen molar-refractivity contribution in [3.8, 4) is 0 Å². The minimum atomic E-state index is -0.161. The third kappa shape index (κ3) is 2.53. The monoisotopic (exact) mass is 220 g/mol. The molecule has 1 heterocycles. The topological polar surface area (TPSA) is 45.1 Å². The fourth-order valence-electron chi connectivity index (χ4n) is 2.67. The van der Waals surface area contributed by atoms with Crippen LogP contribution < -0.4 is 5.32 Å². The van der Waals surface area contributed by atoms with Crippen LogP contribution in [-0.4, -0.2) is 22.2 Å². The lowest BCUT2D eigenvalue weighted by Crippen LogP contribution is -2.46. The van der Waals surface area contributed by atoms with Crippen molar-refractivity contribution in [1.29, 1.82) is 0 Å². The first-order valence-corrected chi connectivity index (χ1v) is 6.04. The van der Waals surface area contributed by atoms with Gasteiger partial charge >= 0.3 is 0 Å². The van der Waals surface area contributed by atoms with E-state index in [0.717, 1.165) is 18.7 Å². The van der Waals surface area contributed by atoms with Gasteiger partial charge in [-0.1, -0.05) is 25.8 Å². The van der Waals surface area contributed by atoms with Crippen LogP contribution in [0.25, 0.3) is 0 Å². The van der Waals surface area contributed by atoms with Gasteiger partial charge in [-0.05, 0) is 30.9 Å². The van der Waals surface area contributed by atoms with E-state index in [9.17, 15) is 5.11 Å². The molecule has 1 aliphatic carbocycles. The molecule has 88 valence electrons. The van der Waals surface area contributed by atoms with Crippen LogP contribution in [0.1, 0.15) is 32.6 Å². The van der Waals surface area contributed by atoms with E-state index in [1.54, 1.807) is 6.20 Å². The number of aliphatic hydroxyl groups excluding tert-OH is 1. The average Bonchev–Trinajstić information content (AvgIpc) is 2.30. The minimum Gasteiger partial charge on any atom is -0.394 e. The summed E-state index contributed by atoms with van der Waals surface area (Å²) in [7, 11) is 0. The van der Waals surface area contributed by atoms with Gasteiger partial charge < -0.3 is 10.4 Å². The standard InChI is InChI=1S/C13H20N2O/c1-11-5-4-7-13(9-11,10-16)15-12-6-2-3-8-14-12/h2-3,6,8,11,16H,4-5,7,9-10H2,1H3,(H,14,15). The molecule has 1 aromatic heterocycles. The molecule has 1 aromatic rings. The highest BCUT2D eigenvalue weighted by Crippen LogP contribution is 2.34. The van der Waals surface area contributed by atoms with Gasteiger partial charge in [0.2, 0.25) is 0 Å². The van der Waals surface area contributed by atoms with E-state index in [1.165, 1.54) is 12.8 Å². The Kier molecular flexibility index (Phi) is 3.44. The predicted molar refractivity (Wildman–Crippen MR) is 65.3 cm³/mol. The van der Waals surface area contributed by atoms with E-state index in [1.807, 2.05) is 18.2 Å². The largest absolute Gasteiger partial charge is 0.394 e. The van der Waals surface area contributed by atoms with Gasteiger partial charge in [0.25, 0.3) is 0 Å². The van der Waals surface area contributed by atoms with Gasteiger partial charge in [0.15, 0.2) is 0 Å². The summed E-state index contributed by atoms with van der Waals surface area (Å²) < 4.78 is 0. The quantitative estimate of drug-likeness (QED) is 0.822. The lowest BCUT2D eigenvalue weighted by atomic mass is 9.77. The molecule has 2 unspecified atom stereocenters. The van der Waals surface area contributed by atoms with Crippen LogP contribution in [0.15, 0.2) is 24.4 Å². The second-order valence-corrected chi connectivity index (χ2v) is 4.98. The molecule has 16 heavy (non-hydrogen) atoms. The maximum Gasteiger partial charge on any atom is 0.126 e. The van der Waals surface area contributed by atoms with Crippen molar-refractivity contribution in [2.75, 3.05) is 11.9 Å². The molecular formula is C13H20N2O. The van der Waals surface area contributed by atoms with Crippen LogP contribution in [-0.2, 0) is 0 Å². The van der Waals surface area contributed by atoms with Crippen molar-refractivity contribution in [2.24, 2.45) is 5.92 Å². The molecule has 1 saturated carbocycles. The summed E-state index contributed by atoms with van der Waals surface area (Å²) in [5.41, 5.74) is -0.161. The Morgan fingerprint density at radius 1 is 1.56 bits per heavy atom. The van der Waals surface area contributed by atoms with E-state index in [4.69, 9.17) is 0 Å². The number of rotatable bonds is 3. The maximum absolute atomic E-state index is 9.63. The van der Waals surface area contributed by atoms with E-state index in [2.05, 4.69) is 17.2 Å². The molecular weight excluding hydrogens is 200 g/mol. The Morgan fingerprint density at radius 3 is 3.06 bits per heavy atom. The van der Waals surface area contributed by atoms with Crippen molar-refractivity contribution in [3.05, 3.63) is 24.4 Å². The smallest absolute Gasteiger partial charge is 0.126 e. The third-order valence-electron chi connectivity index (χ3n) is 3.45. The van der Waals surface area contributed by atoms with Gasteiger partial charge in [-0.15, -0.1) is 0 Å². The van der Waals surface area contributed by atoms with E-state index < -0.39 is 0 Å². The number of hydrogen-bond donors (Lipinski definition) is 2. The number of nitrogens with one attached hydrogen (secondary N) is 1. The highest BCUT2D eigenvalue weighted by Gasteiger charge is 2.34. The summed E-state index contributed by atoms with van der Waals surface area (Å²) in [5, 5.41) is 13.0. The first-order valence-electron chi connectivity index (χ1n) is 6.04. The van der Waals surface area contributed by atoms with Crippen LogP contribution in [0.3, 0.4) is 0 Å². The van der Waals surface area contributed by atoms with Crippen molar-refractivity contribution >= 4 is 5.82 Å². The number of hydrogen-bond acceptors (Lipinski definition) is 3. The highest BCUT2D eigenvalue weighted by atomic mass is 16.3. The third-order valence-corrected chi connectivity index (χ3v) is 3.45. The Balaban J connectivity index is 2.10. The van der Waals surface area contributed by atoms with Crippen LogP contribution >= 0.6 is 0 Å². The SMILES string of the molecule is CC1CCCC(CO)(Nc2ccccn2)C1. The number of aliphatic hydroxyl groups is 1. The van der Waals surface area contributed by atoms with Crippen LogP contribution in [0, 0.1) is 5.92 Å². The molecule has 0 amide bonds. The number of pyridine rings is 1. The number of nitrogens with zero attached hydrogens (tertiary/aromatic N) is 1. The first-order chi connectivity index (χ1) is 7.74. The number of anilines is 1. The molecule has 3 nitrogen and oxygen atoms in total. The van der Waals surface area contributed by atoms with Crippen molar-refractivity contribution in [1.82, 2.24) is 4.98 Å². The minimum absolute atomic E-state index is 0.161. The summed E-state index contributed by atoms with van der Waals surface area (Å²) in [4.78, 5) is 4.27. The predicted octanol–water partition coefficient (Wildman–Crippen LogP) is 2.43. The second kappa shape index (κ2) is 4.83. The molecule has 2 atom stereocenters. The first kappa shape index (κ1) is 11.4. The van der Waals surface area contributed by atoms with Crippen LogP contribution in [0.2, 0.25) is 0 Å². The summed E-state index contributed by atoms with van der Waals surface area (Å²) in [6, 6.07) is 5.82. The van der Waals surface area contributed by atoms with Gasteiger partial charge in [-0.3, -0.25) is 0 Å². The Hall–Kier alpha value is -1.09. The maximum atomic E-state index is 9.63. The molecule has 0 spiro atoms. The van der Waals surface area contributed by atoms with Gasteiger partial charge in [-0.25, -0.2) is 4.98 Å². The molecule has 0 bridgehead atoms. The zero-order valence-corrected chi connectivity index (χ0v) is 9.82. The van der Waals surface area contributed by atoms with Crippen molar-refractivity contribution < 1.29 is 5.11 Å². The molecule has 0 radical (unpaired) electrons. The normalized spacial score (nSPS) is 30.0. The average molecular weight is 220 g/mol. The number of aromatic nitrogens is 1. The summed E-state index contributed by atoms with van der Waals surface area (Å²) in [5.74, 6) is 1.54. The van der Waals surface area contributed by atoms with Gasteiger partial charge in [-0.2, -0.15) is 0 Å². The molecule has 1 aliphatic rings. The summed E-state index contributed by atoms with van der Waals surface area (Å²) in [6.07, 6.45) is 6.29. The summed E-state index contributed by atoms with van der Waals surface area (Å²) >= 11 is 0. The molecule has 0 aromatic carbocycles. The van der Waals surface area contributed by atoms with Gasteiger partial charge in [0.1, 0.15) is 5.82 Å². The molecule has 1 fully saturated rings. The van der Waals surface area contributed by atoms with Crippen molar-refractivity contribution in [3.63, 3.8) is 0 Å². The van der Waals surface area contributed by atoms with E-state index in [0.29, 0.717) is 5.92 Å². The molecule has 3 heteroatoms.